The molecule has 0 radical (unpaired) electrons. The number of H-pyrrole nitrogens is 1. The van der Waals surface area contributed by atoms with E-state index in [0.29, 0.717) is 10.4 Å². The van der Waals surface area contributed by atoms with E-state index in [-0.39, 0.29) is 5.43 Å². The number of halogens is 1. The van der Waals surface area contributed by atoms with Crippen LogP contribution in [0.2, 0.25) is 5.02 Å². The van der Waals surface area contributed by atoms with Crippen LogP contribution >= 0.6 is 11.6 Å². The molecule has 1 heterocycles. The minimum absolute atomic E-state index is 0.0891. The zero-order chi connectivity index (χ0) is 11.0. The quantitative estimate of drug-likeness (QED) is 0.789. The molecular formula is C12H12ClNO. The molecule has 0 aliphatic rings. The van der Waals surface area contributed by atoms with Gasteiger partial charge in [-0.15, -0.1) is 0 Å². The van der Waals surface area contributed by atoms with E-state index in [1.165, 1.54) is 0 Å². The second kappa shape index (κ2) is 3.70. The van der Waals surface area contributed by atoms with Gasteiger partial charge in [0.15, 0.2) is 5.43 Å². The van der Waals surface area contributed by atoms with Crippen molar-refractivity contribution in [2.75, 3.05) is 0 Å². The molecule has 0 unspecified atom stereocenters. The van der Waals surface area contributed by atoms with Crippen molar-refractivity contribution >= 4 is 22.5 Å². The zero-order valence-electron chi connectivity index (χ0n) is 8.73. The van der Waals surface area contributed by atoms with Gasteiger partial charge in [-0.1, -0.05) is 24.6 Å². The molecule has 2 rings (SSSR count). The van der Waals surface area contributed by atoms with E-state index in [2.05, 4.69) is 4.98 Å². The highest BCUT2D eigenvalue weighted by atomic mass is 35.5. The number of aromatic nitrogens is 1. The fourth-order valence-corrected chi connectivity index (χ4v) is 2.08. The van der Waals surface area contributed by atoms with Gasteiger partial charge in [-0.25, -0.2) is 0 Å². The lowest BCUT2D eigenvalue weighted by Crippen LogP contribution is -2.12. The van der Waals surface area contributed by atoms with Crippen molar-refractivity contribution in [3.05, 3.63) is 44.7 Å². The number of aromatic amines is 1. The Morgan fingerprint density at radius 1 is 1.40 bits per heavy atom. The van der Waals surface area contributed by atoms with Gasteiger partial charge in [-0.2, -0.15) is 0 Å². The van der Waals surface area contributed by atoms with Gasteiger partial charge in [0.1, 0.15) is 0 Å². The summed E-state index contributed by atoms with van der Waals surface area (Å²) in [5.74, 6) is 0. The predicted octanol–water partition coefficient (Wildman–Crippen LogP) is 3.05. The number of benzene rings is 1. The third kappa shape index (κ3) is 1.55. The van der Waals surface area contributed by atoms with Gasteiger partial charge in [0, 0.05) is 16.6 Å². The van der Waals surface area contributed by atoms with E-state index >= 15 is 0 Å². The Balaban J connectivity index is 2.98. The van der Waals surface area contributed by atoms with Crippen LogP contribution < -0.4 is 5.43 Å². The molecule has 0 spiro atoms. The Kier molecular flexibility index (Phi) is 2.53. The second-order valence-corrected chi connectivity index (χ2v) is 3.98. The fraction of sp³-hybridized carbons (Fsp3) is 0.250. The molecule has 3 heteroatoms. The minimum atomic E-state index is 0.0891. The van der Waals surface area contributed by atoms with Gasteiger partial charge in [-0.3, -0.25) is 4.79 Å². The molecule has 78 valence electrons. The van der Waals surface area contributed by atoms with Crippen LogP contribution in [-0.4, -0.2) is 4.98 Å². The number of para-hydroxylation sites is 1. The molecule has 1 aromatic carbocycles. The van der Waals surface area contributed by atoms with Crippen LogP contribution in [-0.2, 0) is 6.42 Å². The first kappa shape index (κ1) is 10.2. The maximum absolute atomic E-state index is 12.1. The van der Waals surface area contributed by atoms with Crippen LogP contribution in [0.15, 0.2) is 23.0 Å². The Morgan fingerprint density at radius 3 is 2.80 bits per heavy atom. The molecule has 15 heavy (non-hydrogen) atoms. The first-order chi connectivity index (χ1) is 7.15. The number of nitrogens with one attached hydrogen (secondary N) is 1. The summed E-state index contributed by atoms with van der Waals surface area (Å²) in [6.07, 6.45) is 0.740. The molecule has 0 saturated carbocycles. The largest absolute Gasteiger partial charge is 0.357 e. The van der Waals surface area contributed by atoms with E-state index in [4.69, 9.17) is 11.6 Å². The van der Waals surface area contributed by atoms with Crippen LogP contribution in [0.5, 0.6) is 0 Å². The van der Waals surface area contributed by atoms with E-state index in [1.807, 2.05) is 13.8 Å². The third-order valence-electron chi connectivity index (χ3n) is 2.65. The molecular weight excluding hydrogens is 210 g/mol. The number of aryl methyl sites for hydroxylation is 1. The average Bonchev–Trinajstić information content (AvgIpc) is 2.20. The lowest BCUT2D eigenvalue weighted by molar-refractivity contribution is 1.05. The molecule has 0 atom stereocenters. The highest BCUT2D eigenvalue weighted by molar-refractivity contribution is 6.35. The summed E-state index contributed by atoms with van der Waals surface area (Å²) in [6, 6.07) is 5.39. The molecule has 0 bridgehead atoms. The van der Waals surface area contributed by atoms with E-state index in [0.717, 1.165) is 23.2 Å². The second-order valence-electron chi connectivity index (χ2n) is 3.57. The summed E-state index contributed by atoms with van der Waals surface area (Å²) in [7, 11) is 0. The van der Waals surface area contributed by atoms with Crippen molar-refractivity contribution in [1.29, 1.82) is 0 Å². The van der Waals surface area contributed by atoms with Crippen LogP contribution in [0.4, 0.5) is 0 Å². The summed E-state index contributed by atoms with van der Waals surface area (Å²) < 4.78 is 0. The molecule has 0 saturated heterocycles. The van der Waals surface area contributed by atoms with E-state index in [9.17, 15) is 4.79 Å². The molecule has 0 aliphatic heterocycles. The van der Waals surface area contributed by atoms with E-state index < -0.39 is 0 Å². The summed E-state index contributed by atoms with van der Waals surface area (Å²) in [4.78, 5) is 15.2. The molecule has 2 nitrogen and oxygen atoms in total. The Morgan fingerprint density at radius 2 is 2.13 bits per heavy atom. The molecule has 2 aromatic rings. The molecule has 1 N–H and O–H groups in total. The van der Waals surface area contributed by atoms with Gasteiger partial charge < -0.3 is 4.98 Å². The van der Waals surface area contributed by atoms with Gasteiger partial charge in [0.05, 0.1) is 10.5 Å². The van der Waals surface area contributed by atoms with Crippen molar-refractivity contribution in [2.45, 2.75) is 20.3 Å². The van der Waals surface area contributed by atoms with E-state index in [1.54, 1.807) is 18.2 Å². The van der Waals surface area contributed by atoms with Gasteiger partial charge in [0.25, 0.3) is 0 Å². The zero-order valence-corrected chi connectivity index (χ0v) is 9.48. The van der Waals surface area contributed by atoms with Crippen molar-refractivity contribution in [3.63, 3.8) is 0 Å². The average molecular weight is 222 g/mol. The highest BCUT2D eigenvalue weighted by Gasteiger charge is 2.08. The van der Waals surface area contributed by atoms with Gasteiger partial charge in [0.2, 0.25) is 0 Å². The van der Waals surface area contributed by atoms with Gasteiger partial charge >= 0.3 is 0 Å². The first-order valence-electron chi connectivity index (χ1n) is 4.95. The number of fused-ring (bicyclic) bond motifs is 1. The van der Waals surface area contributed by atoms with Crippen molar-refractivity contribution < 1.29 is 0 Å². The minimum Gasteiger partial charge on any atom is -0.357 e. The Bertz CT molecular complexity index is 572. The fourth-order valence-electron chi connectivity index (χ4n) is 1.86. The van der Waals surface area contributed by atoms with Gasteiger partial charge in [-0.05, 0) is 25.5 Å². The lowest BCUT2D eigenvalue weighted by atomic mass is 10.1. The molecule has 0 fully saturated rings. The summed E-state index contributed by atoms with van der Waals surface area (Å²) in [5, 5.41) is 1.26. The normalized spacial score (nSPS) is 10.9. The molecule has 0 amide bonds. The van der Waals surface area contributed by atoms with Crippen LogP contribution in [0, 0.1) is 6.92 Å². The highest BCUT2D eigenvalue weighted by Crippen LogP contribution is 2.20. The standard InChI is InChI=1S/C12H12ClNO/c1-3-8-7(2)14-11-9(12(8)15)5-4-6-10(11)13/h4-6H,3H2,1-2H3,(H,14,15). The van der Waals surface area contributed by atoms with Crippen LogP contribution in [0.25, 0.3) is 10.9 Å². The number of pyridine rings is 1. The SMILES string of the molecule is CCc1c(C)[nH]c2c(Cl)cccc2c1=O. The Labute approximate surface area is 92.9 Å². The predicted molar refractivity (Wildman–Crippen MR) is 63.7 cm³/mol. The van der Waals surface area contributed by atoms with Crippen molar-refractivity contribution in [2.24, 2.45) is 0 Å². The van der Waals surface area contributed by atoms with Crippen molar-refractivity contribution in [3.8, 4) is 0 Å². The molecule has 0 aliphatic carbocycles. The number of rotatable bonds is 1. The monoisotopic (exact) mass is 221 g/mol. The summed E-state index contributed by atoms with van der Waals surface area (Å²) in [6.45, 7) is 3.89. The topological polar surface area (TPSA) is 32.9 Å². The Hall–Kier alpha value is -1.28. The first-order valence-corrected chi connectivity index (χ1v) is 5.33. The number of hydrogen-bond donors (Lipinski definition) is 1. The van der Waals surface area contributed by atoms with Crippen LogP contribution in [0.3, 0.4) is 0 Å². The van der Waals surface area contributed by atoms with Crippen LogP contribution in [0.1, 0.15) is 18.2 Å². The maximum Gasteiger partial charge on any atom is 0.192 e. The molecule has 1 aromatic heterocycles. The third-order valence-corrected chi connectivity index (χ3v) is 2.97. The lowest BCUT2D eigenvalue weighted by Gasteiger charge is -2.06. The van der Waals surface area contributed by atoms with Crippen molar-refractivity contribution in [1.82, 2.24) is 4.98 Å². The summed E-state index contributed by atoms with van der Waals surface area (Å²) in [5.41, 5.74) is 2.57. The number of hydrogen-bond acceptors (Lipinski definition) is 1. The smallest absolute Gasteiger partial charge is 0.192 e. The maximum atomic E-state index is 12.1. The summed E-state index contributed by atoms with van der Waals surface area (Å²) >= 11 is 6.03.